The van der Waals surface area contributed by atoms with Crippen LogP contribution >= 0.6 is 0 Å². The summed E-state index contributed by atoms with van der Waals surface area (Å²) in [6.45, 7) is 9.53. The molecule has 7 nitrogen and oxygen atoms in total. The van der Waals surface area contributed by atoms with Crippen LogP contribution in [0, 0.1) is 5.41 Å². The minimum Gasteiger partial charge on any atom is -0.381 e. The highest BCUT2D eigenvalue weighted by molar-refractivity contribution is 5.56. The average Bonchev–Trinajstić information content (AvgIpc) is 3.22. The number of aromatic nitrogens is 3. The molecular formula is C25H31FN4O3. The zero-order valence-electron chi connectivity index (χ0n) is 19.9. The fourth-order valence-electron chi connectivity index (χ4n) is 4.69. The molecule has 3 heterocycles. The maximum atomic E-state index is 14.4. The van der Waals surface area contributed by atoms with Gasteiger partial charge >= 0.3 is 0 Å². The molecule has 1 fully saturated rings. The molecule has 0 saturated carbocycles. The number of rotatable bonds is 6. The number of alkyl halides is 1. The van der Waals surface area contributed by atoms with Crippen LogP contribution in [-0.2, 0) is 16.9 Å². The Morgan fingerprint density at radius 2 is 1.61 bits per heavy atom. The van der Waals surface area contributed by atoms with E-state index in [0.717, 1.165) is 0 Å². The fourth-order valence-corrected chi connectivity index (χ4v) is 4.69. The summed E-state index contributed by atoms with van der Waals surface area (Å²) < 4.78 is 19.7. The summed E-state index contributed by atoms with van der Waals surface area (Å²) in [5.41, 5.74) is -2.28. The van der Waals surface area contributed by atoms with Gasteiger partial charge in [0.2, 0.25) is 5.82 Å². The number of pyridine rings is 1. The molecule has 0 bridgehead atoms. The third-order valence-electron chi connectivity index (χ3n) is 6.46. The lowest BCUT2D eigenvalue weighted by Gasteiger charge is -2.55. The van der Waals surface area contributed by atoms with E-state index in [0.29, 0.717) is 35.3 Å². The SMILES string of the molecule is CN1CC(C)([C@](O)(c2ccc(C(C)(C)F)cc2)c2cncc(-c3noc(C(C)(C)O)n3)c2)C1. The number of halogens is 1. The molecule has 3 aromatic rings. The molecule has 1 aliphatic heterocycles. The molecule has 2 N–H and O–H groups in total. The molecule has 0 radical (unpaired) electrons. The van der Waals surface area contributed by atoms with Crippen molar-refractivity contribution < 1.29 is 19.1 Å². The van der Waals surface area contributed by atoms with Gasteiger partial charge in [-0.2, -0.15) is 4.98 Å². The second-order valence-electron chi connectivity index (χ2n) is 10.4. The van der Waals surface area contributed by atoms with E-state index in [1.807, 2.05) is 14.0 Å². The topological polar surface area (TPSA) is 95.5 Å². The molecule has 8 heteroatoms. The predicted octanol–water partition coefficient (Wildman–Crippen LogP) is 3.75. The van der Waals surface area contributed by atoms with Crippen molar-refractivity contribution in [1.82, 2.24) is 20.0 Å². The van der Waals surface area contributed by atoms with Crippen LogP contribution in [0.15, 0.2) is 47.2 Å². The molecule has 0 spiro atoms. The Bertz CT molecular complexity index is 1140. The lowest BCUT2D eigenvalue weighted by Crippen LogP contribution is -2.63. The van der Waals surface area contributed by atoms with E-state index >= 15 is 0 Å². The minimum absolute atomic E-state index is 0.0928. The highest BCUT2D eigenvalue weighted by Gasteiger charge is 2.55. The lowest BCUT2D eigenvalue weighted by molar-refractivity contribution is -0.127. The molecule has 0 unspecified atom stereocenters. The van der Waals surface area contributed by atoms with Gasteiger partial charge in [-0.25, -0.2) is 4.39 Å². The van der Waals surface area contributed by atoms with E-state index < -0.39 is 22.3 Å². The number of hydrogen-bond donors (Lipinski definition) is 2. The van der Waals surface area contributed by atoms with E-state index in [4.69, 9.17) is 4.52 Å². The van der Waals surface area contributed by atoms with E-state index in [9.17, 15) is 14.6 Å². The maximum Gasteiger partial charge on any atom is 0.258 e. The van der Waals surface area contributed by atoms with Crippen LogP contribution in [0.1, 0.15) is 57.2 Å². The first-order chi connectivity index (χ1) is 15.2. The highest BCUT2D eigenvalue weighted by atomic mass is 19.1. The van der Waals surface area contributed by atoms with Crippen LogP contribution in [0.2, 0.25) is 0 Å². The van der Waals surface area contributed by atoms with E-state index in [1.54, 1.807) is 56.6 Å². The van der Waals surface area contributed by atoms with Gasteiger partial charge in [-0.3, -0.25) is 4.98 Å². The van der Waals surface area contributed by atoms with Crippen molar-refractivity contribution >= 4 is 0 Å². The van der Waals surface area contributed by atoms with Crippen LogP contribution in [-0.4, -0.2) is 50.4 Å². The Morgan fingerprint density at radius 1 is 1.00 bits per heavy atom. The maximum absolute atomic E-state index is 14.4. The molecule has 2 aromatic heterocycles. The molecule has 1 aromatic carbocycles. The normalized spacial score (nSPS) is 18.6. The molecule has 1 aliphatic rings. The largest absolute Gasteiger partial charge is 0.381 e. The van der Waals surface area contributed by atoms with Gasteiger partial charge in [0.05, 0.1) is 0 Å². The number of aliphatic hydroxyl groups is 2. The van der Waals surface area contributed by atoms with Crippen LogP contribution in [0.4, 0.5) is 4.39 Å². The third kappa shape index (κ3) is 4.07. The Balaban J connectivity index is 1.81. The van der Waals surface area contributed by atoms with Crippen LogP contribution < -0.4 is 0 Å². The Hall–Kier alpha value is -2.68. The van der Waals surface area contributed by atoms with Gasteiger partial charge in [-0.1, -0.05) is 36.3 Å². The molecule has 0 amide bonds. The van der Waals surface area contributed by atoms with Gasteiger partial charge in [-0.05, 0) is 51.9 Å². The van der Waals surface area contributed by atoms with Crippen molar-refractivity contribution in [3.8, 4) is 11.4 Å². The van der Waals surface area contributed by atoms with Gasteiger partial charge < -0.3 is 19.6 Å². The summed E-state index contributed by atoms with van der Waals surface area (Å²) in [5, 5.41) is 26.4. The van der Waals surface area contributed by atoms with Crippen LogP contribution in [0.3, 0.4) is 0 Å². The van der Waals surface area contributed by atoms with Gasteiger partial charge in [-0.15, -0.1) is 0 Å². The van der Waals surface area contributed by atoms with Crippen molar-refractivity contribution in [3.05, 3.63) is 65.3 Å². The number of benzene rings is 1. The number of nitrogens with zero attached hydrogens (tertiary/aromatic N) is 4. The summed E-state index contributed by atoms with van der Waals surface area (Å²) >= 11 is 0. The monoisotopic (exact) mass is 454 g/mol. The van der Waals surface area contributed by atoms with Gasteiger partial charge in [0.1, 0.15) is 16.9 Å². The summed E-state index contributed by atoms with van der Waals surface area (Å²) in [6.07, 6.45) is 3.23. The van der Waals surface area contributed by atoms with Crippen LogP contribution in [0.5, 0.6) is 0 Å². The Labute approximate surface area is 193 Å². The zero-order valence-corrected chi connectivity index (χ0v) is 19.9. The van der Waals surface area contributed by atoms with Gasteiger partial charge in [0, 0.05) is 42.0 Å². The highest BCUT2D eigenvalue weighted by Crippen LogP contribution is 2.50. The fraction of sp³-hybridized carbons (Fsp3) is 0.480. The van der Waals surface area contributed by atoms with Crippen molar-refractivity contribution in [2.45, 2.75) is 51.5 Å². The van der Waals surface area contributed by atoms with Crippen molar-refractivity contribution in [2.75, 3.05) is 20.1 Å². The minimum atomic E-state index is -1.48. The molecule has 1 atom stereocenters. The average molecular weight is 455 g/mol. The summed E-state index contributed by atoms with van der Waals surface area (Å²) in [6, 6.07) is 8.81. The standard InChI is InChI=1S/C25H31FN4O3/c1-22(2,26)17-7-9-18(10-8-17)25(32,24(5)14-30(6)15-24)19-11-16(12-27-13-19)20-28-21(33-29-20)23(3,4)31/h7-13,31-32H,14-15H2,1-6H3/t25-/m0/s1. The number of likely N-dealkylation sites (tertiary alicyclic amines) is 1. The van der Waals surface area contributed by atoms with Crippen molar-refractivity contribution in [3.63, 3.8) is 0 Å². The zero-order chi connectivity index (χ0) is 24.2. The quantitative estimate of drug-likeness (QED) is 0.586. The van der Waals surface area contributed by atoms with Crippen LogP contribution in [0.25, 0.3) is 11.4 Å². The van der Waals surface area contributed by atoms with Crippen molar-refractivity contribution in [1.29, 1.82) is 0 Å². The summed E-state index contributed by atoms with van der Waals surface area (Å²) in [4.78, 5) is 10.8. The van der Waals surface area contributed by atoms with E-state index in [-0.39, 0.29) is 11.7 Å². The first kappa shape index (κ1) is 23.5. The second-order valence-corrected chi connectivity index (χ2v) is 10.4. The molecule has 33 heavy (non-hydrogen) atoms. The summed E-state index contributed by atoms with van der Waals surface area (Å²) in [5.74, 6) is 0.365. The molecular weight excluding hydrogens is 423 g/mol. The van der Waals surface area contributed by atoms with Gasteiger partial charge in [0.25, 0.3) is 5.89 Å². The number of hydrogen-bond acceptors (Lipinski definition) is 7. The first-order valence-corrected chi connectivity index (χ1v) is 11.0. The third-order valence-corrected chi connectivity index (χ3v) is 6.46. The van der Waals surface area contributed by atoms with Gasteiger partial charge in [0.15, 0.2) is 0 Å². The molecule has 176 valence electrons. The smallest absolute Gasteiger partial charge is 0.258 e. The Kier molecular flexibility index (Phi) is 5.47. The molecule has 4 rings (SSSR count). The summed E-state index contributed by atoms with van der Waals surface area (Å²) in [7, 11) is 2.00. The van der Waals surface area contributed by atoms with Crippen molar-refractivity contribution in [2.24, 2.45) is 5.41 Å². The van der Waals surface area contributed by atoms with E-state index in [2.05, 4.69) is 20.0 Å². The lowest BCUT2D eigenvalue weighted by atomic mass is 9.62. The first-order valence-electron chi connectivity index (χ1n) is 11.0. The predicted molar refractivity (Wildman–Crippen MR) is 122 cm³/mol. The molecule has 1 saturated heterocycles. The Morgan fingerprint density at radius 3 is 2.12 bits per heavy atom. The molecule has 0 aliphatic carbocycles. The second kappa shape index (κ2) is 7.68. The van der Waals surface area contributed by atoms with E-state index in [1.165, 1.54) is 13.8 Å².